The molecule has 1 aromatic heterocycles. The average molecular weight is 263 g/mol. The highest BCUT2D eigenvalue weighted by molar-refractivity contribution is 9.11. The fourth-order valence-electron chi connectivity index (χ4n) is 1.14. The van der Waals surface area contributed by atoms with Gasteiger partial charge in [-0.15, -0.1) is 11.3 Å². The first-order chi connectivity index (χ1) is 6.03. The van der Waals surface area contributed by atoms with E-state index in [9.17, 15) is 0 Å². The Hall–Kier alpha value is -0.0600. The average Bonchev–Trinajstić information content (AvgIpc) is 2.34. The van der Waals surface area contributed by atoms with Crippen molar-refractivity contribution in [2.75, 3.05) is 11.9 Å². The number of hydrogen-bond donors (Lipinski definition) is 2. The molecule has 0 radical (unpaired) electrons. The first-order valence-corrected chi connectivity index (χ1v) is 5.88. The largest absolute Gasteiger partial charge is 0.372 e. The number of nitrogens with one attached hydrogen (secondary N) is 1. The molecule has 0 amide bonds. The van der Waals surface area contributed by atoms with Crippen LogP contribution in [0.25, 0.3) is 0 Å². The summed E-state index contributed by atoms with van der Waals surface area (Å²) in [7, 11) is 0. The third kappa shape index (κ3) is 3.67. The molecule has 4 heteroatoms. The molecule has 0 spiro atoms. The molecule has 0 fully saturated rings. The van der Waals surface area contributed by atoms with E-state index >= 15 is 0 Å². The number of nitrogens with two attached hydrogens (primary N) is 1. The Morgan fingerprint density at radius 1 is 1.54 bits per heavy atom. The van der Waals surface area contributed by atoms with Gasteiger partial charge in [0.15, 0.2) is 0 Å². The Kier molecular flexibility index (Phi) is 3.76. The van der Waals surface area contributed by atoms with Crippen LogP contribution in [-0.4, -0.2) is 12.1 Å². The predicted octanol–water partition coefficient (Wildman–Crippen LogP) is 3.05. The fraction of sp³-hybridized carbons (Fsp3) is 0.556. The van der Waals surface area contributed by atoms with Crippen molar-refractivity contribution in [3.8, 4) is 0 Å². The Bertz CT molecular complexity index is 270. The van der Waals surface area contributed by atoms with Crippen LogP contribution in [0.2, 0.25) is 0 Å². The van der Waals surface area contributed by atoms with E-state index in [1.54, 1.807) is 11.3 Å². The van der Waals surface area contributed by atoms with E-state index in [4.69, 9.17) is 5.73 Å². The Balaban J connectivity index is 2.57. The van der Waals surface area contributed by atoms with E-state index in [2.05, 4.69) is 41.2 Å². The number of thiophene rings is 1. The van der Waals surface area contributed by atoms with Crippen molar-refractivity contribution in [1.29, 1.82) is 0 Å². The van der Waals surface area contributed by atoms with Gasteiger partial charge < -0.3 is 11.1 Å². The molecule has 0 saturated heterocycles. The van der Waals surface area contributed by atoms with Crippen molar-refractivity contribution in [1.82, 2.24) is 0 Å². The molecule has 0 saturated carbocycles. The molecular formula is C9H15BrN2S. The van der Waals surface area contributed by atoms with Crippen molar-refractivity contribution < 1.29 is 0 Å². The second-order valence-electron chi connectivity index (χ2n) is 3.65. The van der Waals surface area contributed by atoms with Gasteiger partial charge in [0, 0.05) is 5.54 Å². The molecule has 2 nitrogen and oxygen atoms in total. The molecule has 13 heavy (non-hydrogen) atoms. The SMILES string of the molecule is CC(C)(CCN)Nc1ccc(Br)s1. The quantitative estimate of drug-likeness (QED) is 0.876. The lowest BCUT2D eigenvalue weighted by molar-refractivity contribution is 0.528. The van der Waals surface area contributed by atoms with Gasteiger partial charge in [-0.1, -0.05) is 0 Å². The first-order valence-electron chi connectivity index (χ1n) is 4.27. The van der Waals surface area contributed by atoms with E-state index in [0.29, 0.717) is 6.54 Å². The fourth-order valence-corrected chi connectivity index (χ4v) is 2.60. The van der Waals surface area contributed by atoms with Crippen LogP contribution in [0.3, 0.4) is 0 Å². The molecule has 0 aromatic carbocycles. The van der Waals surface area contributed by atoms with Crippen LogP contribution in [0.15, 0.2) is 15.9 Å². The third-order valence-corrected chi connectivity index (χ3v) is 3.34. The van der Waals surface area contributed by atoms with Crippen molar-refractivity contribution >= 4 is 32.3 Å². The predicted molar refractivity (Wildman–Crippen MR) is 63.4 cm³/mol. The van der Waals surface area contributed by atoms with Gasteiger partial charge in [-0.05, 0) is 54.9 Å². The maximum atomic E-state index is 5.53. The first kappa shape index (κ1) is 11.0. The summed E-state index contributed by atoms with van der Waals surface area (Å²) in [6.45, 7) is 5.04. The zero-order valence-electron chi connectivity index (χ0n) is 7.93. The Labute approximate surface area is 91.7 Å². The maximum absolute atomic E-state index is 5.53. The molecule has 0 atom stereocenters. The minimum atomic E-state index is 0.0824. The van der Waals surface area contributed by atoms with Crippen LogP contribution in [0.4, 0.5) is 5.00 Å². The smallest absolute Gasteiger partial charge is 0.0898 e. The van der Waals surface area contributed by atoms with Gasteiger partial charge >= 0.3 is 0 Å². The van der Waals surface area contributed by atoms with Crippen molar-refractivity contribution in [3.63, 3.8) is 0 Å². The Morgan fingerprint density at radius 3 is 2.69 bits per heavy atom. The van der Waals surface area contributed by atoms with Crippen molar-refractivity contribution in [2.24, 2.45) is 5.73 Å². The van der Waals surface area contributed by atoms with Gasteiger partial charge in [0.25, 0.3) is 0 Å². The molecule has 0 aliphatic heterocycles. The highest BCUT2D eigenvalue weighted by Gasteiger charge is 2.16. The summed E-state index contributed by atoms with van der Waals surface area (Å²) in [4.78, 5) is 0. The molecule has 0 bridgehead atoms. The van der Waals surface area contributed by atoms with E-state index < -0.39 is 0 Å². The van der Waals surface area contributed by atoms with Crippen LogP contribution in [-0.2, 0) is 0 Å². The van der Waals surface area contributed by atoms with Gasteiger partial charge in [-0.25, -0.2) is 0 Å². The summed E-state index contributed by atoms with van der Waals surface area (Å²) in [6, 6.07) is 4.12. The topological polar surface area (TPSA) is 38.0 Å². The number of rotatable bonds is 4. The second kappa shape index (κ2) is 4.44. The van der Waals surface area contributed by atoms with Gasteiger partial charge in [0.1, 0.15) is 0 Å². The summed E-state index contributed by atoms with van der Waals surface area (Å²) in [6.07, 6.45) is 0.975. The van der Waals surface area contributed by atoms with Crippen LogP contribution in [0.5, 0.6) is 0 Å². The molecular weight excluding hydrogens is 248 g/mol. The molecule has 1 rings (SSSR count). The summed E-state index contributed by atoms with van der Waals surface area (Å²) < 4.78 is 1.15. The lowest BCUT2D eigenvalue weighted by Crippen LogP contribution is -2.32. The Morgan fingerprint density at radius 2 is 2.23 bits per heavy atom. The lowest BCUT2D eigenvalue weighted by Gasteiger charge is -2.25. The van der Waals surface area contributed by atoms with E-state index in [1.807, 2.05) is 6.07 Å². The third-order valence-electron chi connectivity index (χ3n) is 1.80. The zero-order valence-corrected chi connectivity index (χ0v) is 10.3. The lowest BCUT2D eigenvalue weighted by atomic mass is 10.0. The molecule has 0 aliphatic carbocycles. The van der Waals surface area contributed by atoms with Gasteiger partial charge in [-0.2, -0.15) is 0 Å². The molecule has 74 valence electrons. The summed E-state index contributed by atoms with van der Waals surface area (Å²) in [5.74, 6) is 0. The van der Waals surface area contributed by atoms with Crippen LogP contribution in [0, 0.1) is 0 Å². The van der Waals surface area contributed by atoms with Crippen LogP contribution < -0.4 is 11.1 Å². The van der Waals surface area contributed by atoms with Crippen molar-refractivity contribution in [2.45, 2.75) is 25.8 Å². The summed E-state index contributed by atoms with van der Waals surface area (Å²) in [5, 5.41) is 4.63. The second-order valence-corrected chi connectivity index (χ2v) is 6.11. The molecule has 3 N–H and O–H groups in total. The monoisotopic (exact) mass is 262 g/mol. The highest BCUT2D eigenvalue weighted by Crippen LogP contribution is 2.29. The minimum Gasteiger partial charge on any atom is -0.372 e. The molecule has 1 heterocycles. The van der Waals surface area contributed by atoms with Gasteiger partial charge in [0.05, 0.1) is 8.79 Å². The zero-order chi connectivity index (χ0) is 9.90. The van der Waals surface area contributed by atoms with E-state index in [-0.39, 0.29) is 5.54 Å². The van der Waals surface area contributed by atoms with Crippen LogP contribution in [0.1, 0.15) is 20.3 Å². The summed E-state index contributed by atoms with van der Waals surface area (Å²) in [5.41, 5.74) is 5.61. The maximum Gasteiger partial charge on any atom is 0.0898 e. The number of anilines is 1. The summed E-state index contributed by atoms with van der Waals surface area (Å²) >= 11 is 5.14. The highest BCUT2D eigenvalue weighted by atomic mass is 79.9. The molecule has 1 aromatic rings. The number of hydrogen-bond acceptors (Lipinski definition) is 3. The van der Waals surface area contributed by atoms with Crippen LogP contribution >= 0.6 is 27.3 Å². The van der Waals surface area contributed by atoms with E-state index in [1.165, 1.54) is 5.00 Å². The molecule has 0 unspecified atom stereocenters. The minimum absolute atomic E-state index is 0.0824. The van der Waals surface area contributed by atoms with Gasteiger partial charge in [-0.3, -0.25) is 0 Å². The normalized spacial score (nSPS) is 11.7. The van der Waals surface area contributed by atoms with E-state index in [0.717, 1.165) is 10.2 Å². The standard InChI is InChI=1S/C9H15BrN2S/c1-9(2,5-6-11)12-8-4-3-7(10)13-8/h3-4,12H,5-6,11H2,1-2H3. The van der Waals surface area contributed by atoms with Gasteiger partial charge in [0.2, 0.25) is 0 Å². The molecule has 0 aliphatic rings. The van der Waals surface area contributed by atoms with Crippen molar-refractivity contribution in [3.05, 3.63) is 15.9 Å². The number of halogens is 1.